The van der Waals surface area contributed by atoms with Crippen molar-refractivity contribution in [1.82, 2.24) is 10.2 Å². The summed E-state index contributed by atoms with van der Waals surface area (Å²) in [6.07, 6.45) is 0. The summed E-state index contributed by atoms with van der Waals surface area (Å²) in [6, 6.07) is 16.4. The second-order valence-electron chi connectivity index (χ2n) is 9.87. The highest BCUT2D eigenvalue weighted by atomic mass is 35.5. The first-order chi connectivity index (χ1) is 18.8. The first kappa shape index (κ1) is 31.7. The predicted molar refractivity (Wildman–Crippen MR) is 161 cm³/mol. The van der Waals surface area contributed by atoms with E-state index in [1.165, 1.54) is 29.2 Å². The highest BCUT2D eigenvalue weighted by Crippen LogP contribution is 2.27. The number of amides is 2. The molecule has 0 unspecified atom stereocenters. The molecule has 0 aromatic heterocycles. The maximum absolute atomic E-state index is 13.9. The number of aryl methyl sites for hydroxylation is 1. The number of hydrogen-bond donors (Lipinski definition) is 1. The van der Waals surface area contributed by atoms with Crippen molar-refractivity contribution >= 4 is 62.3 Å². The predicted octanol–water partition coefficient (Wildman–Crippen LogP) is 6.34. The molecule has 40 heavy (non-hydrogen) atoms. The number of anilines is 1. The van der Waals surface area contributed by atoms with Gasteiger partial charge in [-0.3, -0.25) is 13.9 Å². The molecule has 3 aromatic carbocycles. The lowest BCUT2D eigenvalue weighted by Crippen LogP contribution is -2.51. The van der Waals surface area contributed by atoms with Crippen LogP contribution in [0.3, 0.4) is 0 Å². The summed E-state index contributed by atoms with van der Waals surface area (Å²) in [4.78, 5) is 28.3. The van der Waals surface area contributed by atoms with Crippen molar-refractivity contribution in [3.05, 3.63) is 92.9 Å². The van der Waals surface area contributed by atoms with Gasteiger partial charge < -0.3 is 10.2 Å². The average molecular weight is 625 g/mol. The molecule has 7 nitrogen and oxygen atoms in total. The average Bonchev–Trinajstić information content (AvgIpc) is 2.90. The molecule has 3 rings (SSSR count). The molecule has 0 radical (unpaired) electrons. The first-order valence-electron chi connectivity index (χ1n) is 12.7. The maximum Gasteiger partial charge on any atom is 0.264 e. The molecule has 0 aliphatic rings. The Hall–Kier alpha value is -2.78. The minimum absolute atomic E-state index is 0.0275. The zero-order valence-electron chi connectivity index (χ0n) is 22.7. The van der Waals surface area contributed by atoms with Crippen LogP contribution in [0.4, 0.5) is 5.69 Å². The van der Waals surface area contributed by atoms with Crippen LogP contribution in [0.5, 0.6) is 0 Å². The SMILES string of the molecule is Cc1ccc(N(CC(=O)N(Cc2ccc(Cl)cc2Cl)[C@H](C)C(=O)NCC(C)C)S(=O)(=O)c2ccc(Cl)cc2)cc1. The van der Waals surface area contributed by atoms with Crippen molar-refractivity contribution in [3.63, 3.8) is 0 Å². The van der Waals surface area contributed by atoms with Crippen molar-refractivity contribution in [2.45, 2.75) is 45.2 Å². The smallest absolute Gasteiger partial charge is 0.264 e. The van der Waals surface area contributed by atoms with Gasteiger partial charge in [0, 0.05) is 28.2 Å². The Labute approximate surface area is 251 Å². The molecule has 0 aliphatic carbocycles. The number of hydrogen-bond acceptors (Lipinski definition) is 4. The van der Waals surface area contributed by atoms with Crippen LogP contribution in [0.25, 0.3) is 0 Å². The van der Waals surface area contributed by atoms with Gasteiger partial charge in [0.05, 0.1) is 10.6 Å². The number of rotatable bonds is 11. The Balaban J connectivity index is 2.03. The molecular weight excluding hydrogens is 593 g/mol. The summed E-state index contributed by atoms with van der Waals surface area (Å²) in [7, 11) is -4.18. The van der Waals surface area contributed by atoms with E-state index in [0.29, 0.717) is 32.9 Å². The standard InChI is InChI=1S/C29H32Cl3N3O4S/c1-19(2)16-33-29(37)21(4)34(17-22-7-8-24(31)15-27(22)32)28(36)18-35(25-11-5-20(3)6-12-25)40(38,39)26-13-9-23(30)10-14-26/h5-15,19,21H,16-18H2,1-4H3,(H,33,37)/t21-/m1/s1. The summed E-state index contributed by atoms with van der Waals surface area (Å²) >= 11 is 18.4. The van der Waals surface area contributed by atoms with Gasteiger partial charge >= 0.3 is 0 Å². The molecule has 11 heteroatoms. The quantitative estimate of drug-likeness (QED) is 0.270. The molecule has 0 heterocycles. The van der Waals surface area contributed by atoms with Crippen LogP contribution in [-0.2, 0) is 26.2 Å². The van der Waals surface area contributed by atoms with Gasteiger partial charge in [0.25, 0.3) is 10.0 Å². The Morgan fingerprint density at radius 2 is 1.48 bits per heavy atom. The van der Waals surface area contributed by atoms with Crippen molar-refractivity contribution < 1.29 is 18.0 Å². The van der Waals surface area contributed by atoms with Crippen molar-refractivity contribution in [3.8, 4) is 0 Å². The van der Waals surface area contributed by atoms with Gasteiger partial charge in [0.1, 0.15) is 12.6 Å². The van der Waals surface area contributed by atoms with Gasteiger partial charge in [0.15, 0.2) is 0 Å². The monoisotopic (exact) mass is 623 g/mol. The van der Waals surface area contributed by atoms with Crippen molar-refractivity contribution in [2.24, 2.45) is 5.92 Å². The van der Waals surface area contributed by atoms with E-state index < -0.39 is 28.5 Å². The minimum Gasteiger partial charge on any atom is -0.354 e. The van der Waals surface area contributed by atoms with Gasteiger partial charge in [-0.05, 0) is 73.9 Å². The van der Waals surface area contributed by atoms with E-state index in [4.69, 9.17) is 34.8 Å². The third-order valence-electron chi connectivity index (χ3n) is 6.21. The molecule has 1 N–H and O–H groups in total. The zero-order chi connectivity index (χ0) is 29.6. The van der Waals surface area contributed by atoms with E-state index in [2.05, 4.69) is 5.32 Å². The summed E-state index contributed by atoms with van der Waals surface area (Å²) in [5, 5.41) is 3.98. The van der Waals surface area contributed by atoms with Crippen LogP contribution in [0.2, 0.25) is 15.1 Å². The van der Waals surface area contributed by atoms with Crippen LogP contribution in [0.15, 0.2) is 71.6 Å². The number of halogens is 3. The normalized spacial score (nSPS) is 12.2. The lowest BCUT2D eigenvalue weighted by atomic mass is 10.1. The number of nitrogens with zero attached hydrogens (tertiary/aromatic N) is 2. The molecule has 3 aromatic rings. The fourth-order valence-electron chi connectivity index (χ4n) is 3.84. The minimum atomic E-state index is -4.18. The fraction of sp³-hybridized carbons (Fsp3) is 0.310. The molecule has 0 saturated heterocycles. The number of sulfonamides is 1. The largest absolute Gasteiger partial charge is 0.354 e. The lowest BCUT2D eigenvalue weighted by Gasteiger charge is -2.32. The van der Waals surface area contributed by atoms with Gasteiger partial charge in [-0.1, -0.05) is 72.4 Å². The zero-order valence-corrected chi connectivity index (χ0v) is 25.8. The summed E-state index contributed by atoms with van der Waals surface area (Å²) < 4.78 is 28.7. The first-order valence-corrected chi connectivity index (χ1v) is 15.2. The Kier molecular flexibility index (Phi) is 10.9. The highest BCUT2D eigenvalue weighted by molar-refractivity contribution is 7.92. The summed E-state index contributed by atoms with van der Waals surface area (Å²) in [6.45, 7) is 7.23. The number of carbonyl (C=O) groups is 2. The maximum atomic E-state index is 13.9. The molecule has 214 valence electrons. The molecule has 1 atom stereocenters. The second-order valence-corrected chi connectivity index (χ2v) is 13.0. The third kappa shape index (κ3) is 8.13. The van der Waals surface area contributed by atoms with E-state index >= 15 is 0 Å². The van der Waals surface area contributed by atoms with Crippen LogP contribution in [0.1, 0.15) is 31.9 Å². The molecule has 0 fully saturated rings. The van der Waals surface area contributed by atoms with Gasteiger partial charge in [0.2, 0.25) is 11.8 Å². The van der Waals surface area contributed by atoms with E-state index in [-0.39, 0.29) is 23.3 Å². The molecule has 0 aliphatic heterocycles. The molecule has 2 amide bonds. The Morgan fingerprint density at radius 1 is 0.875 bits per heavy atom. The van der Waals surface area contributed by atoms with E-state index in [1.54, 1.807) is 49.4 Å². The van der Waals surface area contributed by atoms with Gasteiger partial charge in [-0.15, -0.1) is 0 Å². The van der Waals surface area contributed by atoms with E-state index in [0.717, 1.165) is 9.87 Å². The van der Waals surface area contributed by atoms with E-state index in [1.807, 2.05) is 20.8 Å². The van der Waals surface area contributed by atoms with Crippen LogP contribution >= 0.6 is 34.8 Å². The Morgan fingerprint density at radius 3 is 2.05 bits per heavy atom. The molecule has 0 saturated carbocycles. The number of nitrogens with one attached hydrogen (secondary N) is 1. The van der Waals surface area contributed by atoms with Crippen LogP contribution < -0.4 is 9.62 Å². The van der Waals surface area contributed by atoms with Crippen molar-refractivity contribution in [1.29, 1.82) is 0 Å². The highest BCUT2D eigenvalue weighted by Gasteiger charge is 2.32. The summed E-state index contributed by atoms with van der Waals surface area (Å²) in [5.74, 6) is -0.751. The van der Waals surface area contributed by atoms with E-state index in [9.17, 15) is 18.0 Å². The molecule has 0 spiro atoms. The van der Waals surface area contributed by atoms with Gasteiger partial charge in [-0.2, -0.15) is 0 Å². The van der Waals surface area contributed by atoms with Crippen molar-refractivity contribution in [2.75, 3.05) is 17.4 Å². The number of carbonyl (C=O) groups excluding carboxylic acids is 2. The van der Waals surface area contributed by atoms with Gasteiger partial charge in [-0.25, -0.2) is 8.42 Å². The topological polar surface area (TPSA) is 86.8 Å². The third-order valence-corrected chi connectivity index (χ3v) is 8.84. The Bertz CT molecular complexity index is 1450. The lowest BCUT2D eigenvalue weighted by molar-refractivity contribution is -0.139. The number of benzene rings is 3. The fourth-order valence-corrected chi connectivity index (χ4v) is 5.85. The second kappa shape index (κ2) is 13.7. The summed E-state index contributed by atoms with van der Waals surface area (Å²) in [5.41, 5.74) is 1.79. The van der Waals surface area contributed by atoms with Crippen LogP contribution in [0, 0.1) is 12.8 Å². The van der Waals surface area contributed by atoms with Crippen LogP contribution in [-0.4, -0.2) is 44.3 Å². The molecule has 0 bridgehead atoms. The molecular formula is C29H32Cl3N3O4S.